The van der Waals surface area contributed by atoms with E-state index in [9.17, 15) is 29.1 Å². The maximum Gasteiger partial charge on any atom is 0.322 e. The van der Waals surface area contributed by atoms with Crippen molar-refractivity contribution in [2.24, 2.45) is 5.73 Å². The van der Waals surface area contributed by atoms with Crippen LogP contribution in [0.3, 0.4) is 0 Å². The highest BCUT2D eigenvalue weighted by Gasteiger charge is 2.31. The molecule has 0 saturated heterocycles. The van der Waals surface area contributed by atoms with Crippen molar-refractivity contribution in [2.75, 3.05) is 13.2 Å². The van der Waals surface area contributed by atoms with Crippen LogP contribution >= 0.6 is 0 Å². The van der Waals surface area contributed by atoms with Gasteiger partial charge in [0.2, 0.25) is 17.7 Å². The lowest BCUT2D eigenvalue weighted by atomic mass is 10.1. The van der Waals surface area contributed by atoms with E-state index in [-0.39, 0.29) is 0 Å². The van der Waals surface area contributed by atoms with Crippen molar-refractivity contribution >= 4 is 29.7 Å². The van der Waals surface area contributed by atoms with Crippen LogP contribution in [0.5, 0.6) is 0 Å². The number of nitrogens with one attached hydrogen (secondary N) is 3. The Bertz CT molecular complexity index is 552. The van der Waals surface area contributed by atoms with Crippen molar-refractivity contribution in [3.05, 3.63) is 0 Å². The van der Waals surface area contributed by atoms with Crippen LogP contribution in [0, 0.1) is 0 Å². The molecular weight excluding hydrogens is 356 g/mol. The van der Waals surface area contributed by atoms with Crippen LogP contribution in [0.15, 0.2) is 0 Å². The molecule has 0 aromatic carbocycles. The zero-order valence-electron chi connectivity index (χ0n) is 13.8. The molecule has 0 aliphatic rings. The molecule has 4 unspecified atom stereocenters. The van der Waals surface area contributed by atoms with Gasteiger partial charge in [-0.25, -0.2) is 0 Å². The second-order valence-electron chi connectivity index (χ2n) is 5.29. The lowest BCUT2D eigenvalue weighted by Gasteiger charge is -2.24. The van der Waals surface area contributed by atoms with Crippen molar-refractivity contribution in [3.63, 3.8) is 0 Å². The number of carboxylic acids is 2. The summed E-state index contributed by atoms with van der Waals surface area (Å²) in [5.74, 6) is -5.78. The smallest absolute Gasteiger partial charge is 0.322 e. The van der Waals surface area contributed by atoms with E-state index in [2.05, 4.69) is 0 Å². The summed E-state index contributed by atoms with van der Waals surface area (Å²) in [6, 6.07) is -4.61. The maximum atomic E-state index is 12.1. The number of carboxylic acid groups (broad SMARTS) is 2. The standard InChI is InChI=1S/C13H22N4O9/c1-5(19)10(17-11(24)6(14)2-8(20)21)13(26)16-7(4-18)12(25)15-3-9(22)23/h5-7,10,18-19H,2-4,14H2,1H3,(H,15,25)(H,16,26)(H,17,24)(H,20,21)(H,22,23). The molecule has 26 heavy (non-hydrogen) atoms. The second kappa shape index (κ2) is 11.0. The normalized spacial score (nSPS) is 15.1. The lowest BCUT2D eigenvalue weighted by Crippen LogP contribution is -2.60. The van der Waals surface area contributed by atoms with E-state index in [0.29, 0.717) is 0 Å². The summed E-state index contributed by atoms with van der Waals surface area (Å²) in [6.45, 7) is -0.478. The summed E-state index contributed by atoms with van der Waals surface area (Å²) in [5.41, 5.74) is 5.34. The van der Waals surface area contributed by atoms with Gasteiger partial charge in [-0.3, -0.25) is 24.0 Å². The number of aliphatic hydroxyl groups excluding tert-OH is 2. The van der Waals surface area contributed by atoms with Gasteiger partial charge in [0.1, 0.15) is 18.6 Å². The highest BCUT2D eigenvalue weighted by molar-refractivity contribution is 5.94. The Kier molecular flexibility index (Phi) is 9.80. The lowest BCUT2D eigenvalue weighted by molar-refractivity contribution is -0.140. The van der Waals surface area contributed by atoms with Gasteiger partial charge in [-0.1, -0.05) is 0 Å². The first-order chi connectivity index (χ1) is 12.0. The molecule has 0 fully saturated rings. The highest BCUT2D eigenvalue weighted by atomic mass is 16.4. The fourth-order valence-electron chi connectivity index (χ4n) is 1.69. The third-order valence-electron chi connectivity index (χ3n) is 3.02. The van der Waals surface area contributed by atoms with Crippen molar-refractivity contribution in [1.29, 1.82) is 0 Å². The van der Waals surface area contributed by atoms with Crippen LogP contribution < -0.4 is 21.7 Å². The molecule has 3 amide bonds. The summed E-state index contributed by atoms with van der Waals surface area (Å²) in [5, 5.41) is 41.8. The summed E-state index contributed by atoms with van der Waals surface area (Å²) in [7, 11) is 0. The number of carbonyl (C=O) groups is 5. The van der Waals surface area contributed by atoms with Gasteiger partial charge in [-0.2, -0.15) is 0 Å². The van der Waals surface area contributed by atoms with Gasteiger partial charge in [0.25, 0.3) is 0 Å². The Morgan fingerprint density at radius 3 is 1.96 bits per heavy atom. The van der Waals surface area contributed by atoms with E-state index < -0.39 is 73.5 Å². The van der Waals surface area contributed by atoms with Crippen LogP contribution in [-0.4, -0.2) is 87.5 Å². The molecule has 0 aromatic heterocycles. The summed E-state index contributed by atoms with van der Waals surface area (Å²) >= 11 is 0. The van der Waals surface area contributed by atoms with E-state index >= 15 is 0 Å². The van der Waals surface area contributed by atoms with Gasteiger partial charge in [-0.05, 0) is 6.92 Å². The molecule has 0 aromatic rings. The summed E-state index contributed by atoms with van der Waals surface area (Å²) in [4.78, 5) is 56.5. The number of aliphatic carboxylic acids is 2. The largest absolute Gasteiger partial charge is 0.481 e. The monoisotopic (exact) mass is 378 g/mol. The average molecular weight is 378 g/mol. The molecule has 0 bridgehead atoms. The average Bonchev–Trinajstić information content (AvgIpc) is 2.53. The molecule has 0 aliphatic heterocycles. The van der Waals surface area contributed by atoms with Gasteiger partial charge in [0.05, 0.1) is 25.2 Å². The third kappa shape index (κ3) is 8.36. The van der Waals surface area contributed by atoms with Crippen LogP contribution in [-0.2, 0) is 24.0 Å². The van der Waals surface area contributed by atoms with Gasteiger partial charge in [-0.15, -0.1) is 0 Å². The minimum absolute atomic E-state index is 0.711. The predicted molar refractivity (Wildman–Crippen MR) is 83.5 cm³/mol. The molecule has 9 N–H and O–H groups in total. The van der Waals surface area contributed by atoms with Crippen LogP contribution in [0.1, 0.15) is 13.3 Å². The van der Waals surface area contributed by atoms with Gasteiger partial charge >= 0.3 is 11.9 Å². The number of carbonyl (C=O) groups excluding carboxylic acids is 3. The fraction of sp³-hybridized carbons (Fsp3) is 0.615. The second-order valence-corrected chi connectivity index (χ2v) is 5.29. The van der Waals surface area contributed by atoms with E-state index in [1.807, 2.05) is 16.0 Å². The third-order valence-corrected chi connectivity index (χ3v) is 3.02. The summed E-state index contributed by atoms with van der Waals surface area (Å²) in [6.07, 6.45) is -2.16. The van der Waals surface area contributed by atoms with Crippen molar-refractivity contribution in [3.8, 4) is 0 Å². The number of nitrogens with two attached hydrogens (primary N) is 1. The van der Waals surface area contributed by atoms with Crippen molar-refractivity contribution in [2.45, 2.75) is 37.6 Å². The molecule has 0 radical (unpaired) electrons. The number of hydrogen-bond donors (Lipinski definition) is 8. The first kappa shape index (κ1) is 23.2. The van der Waals surface area contributed by atoms with Gasteiger partial charge < -0.3 is 42.1 Å². The first-order valence-corrected chi connectivity index (χ1v) is 7.36. The predicted octanol–water partition coefficient (Wildman–Crippen LogP) is -4.67. The minimum Gasteiger partial charge on any atom is -0.481 e. The fourth-order valence-corrected chi connectivity index (χ4v) is 1.69. The van der Waals surface area contributed by atoms with E-state index in [1.165, 1.54) is 0 Å². The Balaban J connectivity index is 4.94. The molecule has 0 heterocycles. The molecule has 0 spiro atoms. The number of aliphatic hydroxyl groups is 2. The molecule has 0 rings (SSSR count). The Labute approximate surface area is 147 Å². The van der Waals surface area contributed by atoms with E-state index in [1.54, 1.807) is 0 Å². The van der Waals surface area contributed by atoms with Gasteiger partial charge in [0, 0.05) is 0 Å². The number of rotatable bonds is 11. The van der Waals surface area contributed by atoms with Crippen molar-refractivity contribution in [1.82, 2.24) is 16.0 Å². The Hall–Kier alpha value is -2.77. The molecule has 148 valence electrons. The van der Waals surface area contributed by atoms with Crippen LogP contribution in [0.4, 0.5) is 0 Å². The Morgan fingerprint density at radius 1 is 0.962 bits per heavy atom. The SMILES string of the molecule is CC(O)C(NC(=O)C(N)CC(=O)O)C(=O)NC(CO)C(=O)NCC(=O)O. The first-order valence-electron chi connectivity index (χ1n) is 7.36. The topological polar surface area (TPSA) is 228 Å². The zero-order valence-corrected chi connectivity index (χ0v) is 13.8. The molecule has 13 heteroatoms. The van der Waals surface area contributed by atoms with E-state index in [4.69, 9.17) is 21.1 Å². The molecular formula is C13H22N4O9. The Morgan fingerprint density at radius 2 is 1.54 bits per heavy atom. The number of hydrogen-bond acceptors (Lipinski definition) is 8. The molecule has 0 saturated carbocycles. The molecule has 0 aliphatic carbocycles. The molecule has 4 atom stereocenters. The zero-order chi connectivity index (χ0) is 20.4. The number of amides is 3. The molecule has 13 nitrogen and oxygen atoms in total. The van der Waals surface area contributed by atoms with Crippen LogP contribution in [0.2, 0.25) is 0 Å². The van der Waals surface area contributed by atoms with Crippen LogP contribution in [0.25, 0.3) is 0 Å². The van der Waals surface area contributed by atoms with Crippen molar-refractivity contribution < 1.29 is 44.4 Å². The quantitative estimate of drug-likeness (QED) is 0.171. The minimum atomic E-state index is -1.59. The van der Waals surface area contributed by atoms with Gasteiger partial charge in [0.15, 0.2) is 0 Å². The highest BCUT2D eigenvalue weighted by Crippen LogP contribution is 1.98. The summed E-state index contributed by atoms with van der Waals surface area (Å²) < 4.78 is 0. The van der Waals surface area contributed by atoms with E-state index in [0.717, 1.165) is 6.92 Å². The maximum absolute atomic E-state index is 12.1.